The molecule has 5 nitrogen and oxygen atoms in total. The molecule has 0 aliphatic carbocycles. The molecule has 1 atom stereocenters. The van der Waals surface area contributed by atoms with Gasteiger partial charge in [0.25, 0.3) is 5.91 Å². The van der Waals surface area contributed by atoms with Crippen LogP contribution in [0.1, 0.15) is 33.8 Å². The van der Waals surface area contributed by atoms with Crippen LogP contribution < -0.4 is 10.0 Å². The second-order valence-corrected chi connectivity index (χ2v) is 9.41. The first kappa shape index (κ1) is 22.1. The summed E-state index contributed by atoms with van der Waals surface area (Å²) in [5, 5.41) is 4.51. The van der Waals surface area contributed by atoms with Gasteiger partial charge in [-0.05, 0) is 67.3 Å². The molecule has 0 aliphatic rings. The van der Waals surface area contributed by atoms with Gasteiger partial charge in [-0.15, -0.1) is 11.3 Å². The zero-order valence-electron chi connectivity index (χ0n) is 16.1. The average Bonchev–Trinajstić information content (AvgIpc) is 3.23. The normalized spacial score (nSPS) is 12.5. The van der Waals surface area contributed by atoms with Gasteiger partial charge in [-0.1, -0.05) is 6.07 Å². The first-order valence-corrected chi connectivity index (χ1v) is 11.5. The average molecular weight is 451 g/mol. The van der Waals surface area contributed by atoms with Crippen LogP contribution >= 0.6 is 11.3 Å². The van der Waals surface area contributed by atoms with Crippen LogP contribution in [0.25, 0.3) is 0 Å². The minimum atomic E-state index is -3.70. The largest absolute Gasteiger partial charge is 0.345 e. The van der Waals surface area contributed by atoms with Crippen LogP contribution in [-0.4, -0.2) is 20.9 Å². The third-order valence-electron chi connectivity index (χ3n) is 4.44. The predicted molar refractivity (Wildman–Crippen MR) is 112 cm³/mol. The molecular formula is C21H20F2N2O3S2. The van der Waals surface area contributed by atoms with Gasteiger partial charge in [0.05, 0.1) is 10.9 Å². The maximum atomic E-state index is 13.9. The quantitative estimate of drug-likeness (QED) is 0.544. The number of hydrogen-bond donors (Lipinski definition) is 2. The summed E-state index contributed by atoms with van der Waals surface area (Å²) in [6, 6.07) is 11.5. The van der Waals surface area contributed by atoms with E-state index in [0.717, 1.165) is 23.1 Å². The molecule has 0 aliphatic heterocycles. The lowest BCUT2D eigenvalue weighted by Crippen LogP contribution is -2.28. The van der Waals surface area contributed by atoms with E-state index in [2.05, 4.69) is 10.0 Å². The number of sulfonamides is 1. The van der Waals surface area contributed by atoms with E-state index < -0.39 is 33.6 Å². The van der Waals surface area contributed by atoms with Crippen molar-refractivity contribution >= 4 is 27.3 Å². The molecule has 1 unspecified atom stereocenters. The van der Waals surface area contributed by atoms with Crippen molar-refractivity contribution in [3.05, 3.63) is 87.6 Å². The van der Waals surface area contributed by atoms with E-state index in [4.69, 9.17) is 0 Å². The number of carbonyl (C=O) groups is 1. The van der Waals surface area contributed by atoms with Gasteiger partial charge in [-0.3, -0.25) is 4.79 Å². The predicted octanol–water partition coefficient (Wildman–Crippen LogP) is 4.04. The lowest BCUT2D eigenvalue weighted by molar-refractivity contribution is 0.0939. The van der Waals surface area contributed by atoms with Crippen molar-refractivity contribution in [2.24, 2.45) is 0 Å². The molecule has 158 valence electrons. The molecule has 1 amide bonds. The van der Waals surface area contributed by atoms with E-state index >= 15 is 0 Å². The number of hydrogen-bond acceptors (Lipinski definition) is 4. The molecular weight excluding hydrogens is 430 g/mol. The SMILES string of the molecule is CC(NC(=O)c1ccc(S(=O)(=O)NCCc2cccs2)cc1)c1cc(F)ccc1F. The Balaban J connectivity index is 1.62. The summed E-state index contributed by atoms with van der Waals surface area (Å²) < 4.78 is 54.5. The Hall–Kier alpha value is -2.62. The first-order chi connectivity index (χ1) is 14.3. The van der Waals surface area contributed by atoms with Gasteiger partial charge in [0.2, 0.25) is 10.0 Å². The number of nitrogens with one attached hydrogen (secondary N) is 2. The van der Waals surface area contributed by atoms with Crippen LogP contribution in [0.2, 0.25) is 0 Å². The van der Waals surface area contributed by atoms with E-state index in [1.165, 1.54) is 31.2 Å². The summed E-state index contributed by atoms with van der Waals surface area (Å²) >= 11 is 1.56. The van der Waals surface area contributed by atoms with E-state index in [9.17, 15) is 22.0 Å². The number of thiophene rings is 1. The second-order valence-electron chi connectivity index (χ2n) is 6.61. The maximum Gasteiger partial charge on any atom is 0.251 e. The summed E-state index contributed by atoms with van der Waals surface area (Å²) in [5.41, 5.74) is 0.230. The zero-order valence-corrected chi connectivity index (χ0v) is 17.7. The molecule has 30 heavy (non-hydrogen) atoms. The Bertz CT molecular complexity index is 1120. The highest BCUT2D eigenvalue weighted by Crippen LogP contribution is 2.19. The van der Waals surface area contributed by atoms with Gasteiger partial charge >= 0.3 is 0 Å². The Labute approximate surface area is 177 Å². The van der Waals surface area contributed by atoms with Crippen molar-refractivity contribution in [2.45, 2.75) is 24.3 Å². The smallest absolute Gasteiger partial charge is 0.251 e. The molecule has 0 saturated heterocycles. The van der Waals surface area contributed by atoms with Gasteiger partial charge < -0.3 is 5.32 Å². The number of benzene rings is 2. The highest BCUT2D eigenvalue weighted by Gasteiger charge is 2.18. The molecule has 2 aromatic carbocycles. The molecule has 0 saturated carbocycles. The van der Waals surface area contributed by atoms with E-state index in [0.29, 0.717) is 6.42 Å². The topological polar surface area (TPSA) is 75.3 Å². The second kappa shape index (κ2) is 9.46. The van der Waals surface area contributed by atoms with Crippen LogP contribution in [0, 0.1) is 11.6 Å². The van der Waals surface area contributed by atoms with Gasteiger partial charge in [-0.2, -0.15) is 0 Å². The molecule has 0 bridgehead atoms. The van der Waals surface area contributed by atoms with Crippen molar-refractivity contribution < 1.29 is 22.0 Å². The van der Waals surface area contributed by atoms with Gasteiger partial charge in [0.15, 0.2) is 0 Å². The summed E-state index contributed by atoms with van der Waals surface area (Å²) in [4.78, 5) is 13.5. The summed E-state index contributed by atoms with van der Waals surface area (Å²) in [5.74, 6) is -1.76. The highest BCUT2D eigenvalue weighted by atomic mass is 32.2. The van der Waals surface area contributed by atoms with Gasteiger partial charge in [0.1, 0.15) is 11.6 Å². The first-order valence-electron chi connectivity index (χ1n) is 9.14. The van der Waals surface area contributed by atoms with Crippen LogP contribution in [0.3, 0.4) is 0 Å². The number of amides is 1. The van der Waals surface area contributed by atoms with E-state index in [1.54, 1.807) is 11.3 Å². The van der Waals surface area contributed by atoms with Crippen molar-refractivity contribution in [3.63, 3.8) is 0 Å². The molecule has 0 radical (unpaired) electrons. The summed E-state index contributed by atoms with van der Waals surface area (Å²) in [6.07, 6.45) is 0.589. The van der Waals surface area contributed by atoms with Crippen LogP contribution in [-0.2, 0) is 16.4 Å². The maximum absolute atomic E-state index is 13.9. The van der Waals surface area contributed by atoms with Crippen LogP contribution in [0.15, 0.2) is 64.9 Å². The monoisotopic (exact) mass is 450 g/mol. The molecule has 2 N–H and O–H groups in total. The number of halogens is 2. The highest BCUT2D eigenvalue weighted by molar-refractivity contribution is 7.89. The standard InChI is InChI=1S/C21H20F2N2O3S2/c1-14(19-13-16(22)6-9-20(19)23)25-21(26)15-4-7-18(8-5-15)30(27,28)24-11-10-17-3-2-12-29-17/h2-9,12-14,24H,10-11H2,1H3,(H,25,26). The summed E-state index contributed by atoms with van der Waals surface area (Å²) in [6.45, 7) is 1.80. The van der Waals surface area contributed by atoms with Gasteiger partial charge in [-0.25, -0.2) is 21.9 Å². The van der Waals surface area contributed by atoms with Crippen LogP contribution in [0.4, 0.5) is 8.78 Å². The number of rotatable bonds is 8. The Morgan fingerprint density at radius 2 is 1.83 bits per heavy atom. The molecule has 1 aromatic heterocycles. The molecule has 0 spiro atoms. The summed E-state index contributed by atoms with van der Waals surface area (Å²) in [7, 11) is -3.70. The molecule has 0 fully saturated rings. The Kier molecular flexibility index (Phi) is 6.96. The third-order valence-corrected chi connectivity index (χ3v) is 6.86. The van der Waals surface area contributed by atoms with E-state index in [1.807, 2.05) is 17.5 Å². The van der Waals surface area contributed by atoms with Gasteiger partial charge in [0, 0.05) is 22.5 Å². The van der Waals surface area contributed by atoms with E-state index in [-0.39, 0.29) is 22.6 Å². The fourth-order valence-electron chi connectivity index (χ4n) is 2.84. The van der Waals surface area contributed by atoms with Crippen molar-refractivity contribution in [1.82, 2.24) is 10.0 Å². The molecule has 3 aromatic rings. The Morgan fingerprint density at radius 1 is 1.10 bits per heavy atom. The molecule has 9 heteroatoms. The van der Waals surface area contributed by atoms with Crippen molar-refractivity contribution in [3.8, 4) is 0 Å². The number of carbonyl (C=O) groups excluding carboxylic acids is 1. The van der Waals surface area contributed by atoms with Crippen molar-refractivity contribution in [2.75, 3.05) is 6.54 Å². The van der Waals surface area contributed by atoms with Crippen molar-refractivity contribution in [1.29, 1.82) is 0 Å². The zero-order chi connectivity index (χ0) is 21.7. The molecule has 3 rings (SSSR count). The Morgan fingerprint density at radius 3 is 2.50 bits per heavy atom. The van der Waals surface area contributed by atoms with Crippen LogP contribution in [0.5, 0.6) is 0 Å². The molecule has 1 heterocycles. The lowest BCUT2D eigenvalue weighted by atomic mass is 10.1. The minimum absolute atomic E-state index is 0.0255. The fraction of sp³-hybridized carbons (Fsp3) is 0.190. The third kappa shape index (κ3) is 5.50. The fourth-order valence-corrected chi connectivity index (χ4v) is 4.58. The lowest BCUT2D eigenvalue weighted by Gasteiger charge is -2.15. The minimum Gasteiger partial charge on any atom is -0.345 e.